The Balaban J connectivity index is 2.23. The van der Waals surface area contributed by atoms with Crippen LogP contribution in [0.2, 0.25) is 0 Å². The number of thioether (sulfide) groups is 1. The van der Waals surface area contributed by atoms with Gasteiger partial charge < -0.3 is 10.5 Å². The zero-order valence-electron chi connectivity index (χ0n) is 9.52. The van der Waals surface area contributed by atoms with Gasteiger partial charge in [0.25, 0.3) is 0 Å². The molecule has 1 heterocycles. The Morgan fingerprint density at radius 3 is 2.69 bits per heavy atom. The van der Waals surface area contributed by atoms with Crippen LogP contribution in [0.4, 0.5) is 5.13 Å². The summed E-state index contributed by atoms with van der Waals surface area (Å²) in [5.74, 6) is 0.432. The molecule has 0 radical (unpaired) electrons. The van der Waals surface area contributed by atoms with E-state index in [-0.39, 0.29) is 5.97 Å². The van der Waals surface area contributed by atoms with Gasteiger partial charge in [0.2, 0.25) is 5.13 Å². The topological polar surface area (TPSA) is 78.1 Å². The molecule has 2 N–H and O–H groups in total. The van der Waals surface area contributed by atoms with Crippen LogP contribution in [0.15, 0.2) is 4.34 Å². The second kappa shape index (κ2) is 5.49. The summed E-state index contributed by atoms with van der Waals surface area (Å²) < 4.78 is 5.95. The number of carbonyl (C=O) groups excluding carboxylic acids is 1. The summed E-state index contributed by atoms with van der Waals surface area (Å²) in [6.45, 7) is 5.55. The van der Waals surface area contributed by atoms with Crippen molar-refractivity contribution in [2.75, 3.05) is 11.5 Å². The van der Waals surface area contributed by atoms with E-state index in [9.17, 15) is 4.79 Å². The van der Waals surface area contributed by atoms with Crippen molar-refractivity contribution >= 4 is 34.2 Å². The van der Waals surface area contributed by atoms with Gasteiger partial charge in [-0.25, -0.2) is 0 Å². The molecule has 1 aromatic heterocycles. The third-order valence-corrected chi connectivity index (χ3v) is 3.26. The van der Waals surface area contributed by atoms with E-state index in [0.29, 0.717) is 17.3 Å². The molecule has 16 heavy (non-hydrogen) atoms. The fraction of sp³-hybridized carbons (Fsp3) is 0.667. The summed E-state index contributed by atoms with van der Waals surface area (Å²) >= 11 is 2.78. The van der Waals surface area contributed by atoms with Crippen molar-refractivity contribution in [1.29, 1.82) is 0 Å². The Bertz CT molecular complexity index is 360. The highest BCUT2D eigenvalue weighted by atomic mass is 32.2. The number of hydrogen-bond acceptors (Lipinski definition) is 7. The molecule has 1 aromatic rings. The monoisotopic (exact) mass is 261 g/mol. The molecule has 0 saturated heterocycles. The number of hydrogen-bond donors (Lipinski definition) is 1. The molecule has 0 amide bonds. The molecule has 0 saturated carbocycles. The molecule has 0 bridgehead atoms. The van der Waals surface area contributed by atoms with Crippen LogP contribution in [0.3, 0.4) is 0 Å². The van der Waals surface area contributed by atoms with Crippen molar-refractivity contribution in [3.05, 3.63) is 0 Å². The largest absolute Gasteiger partial charge is 0.460 e. The summed E-state index contributed by atoms with van der Waals surface area (Å²) in [6.07, 6.45) is 0.363. The van der Waals surface area contributed by atoms with Gasteiger partial charge in [-0.15, -0.1) is 10.2 Å². The van der Waals surface area contributed by atoms with E-state index in [1.807, 2.05) is 20.8 Å². The lowest BCUT2D eigenvalue weighted by atomic mass is 10.2. The third-order valence-electron chi connectivity index (χ3n) is 1.37. The van der Waals surface area contributed by atoms with Gasteiger partial charge in [0.15, 0.2) is 4.34 Å². The Morgan fingerprint density at radius 1 is 1.50 bits per heavy atom. The quantitative estimate of drug-likeness (QED) is 0.659. The fourth-order valence-corrected chi connectivity index (χ4v) is 2.52. The normalized spacial score (nSPS) is 11.4. The molecule has 0 aromatic carbocycles. The number of nitrogens with zero attached hydrogens (tertiary/aromatic N) is 2. The first-order chi connectivity index (χ1) is 7.37. The first kappa shape index (κ1) is 13.2. The van der Waals surface area contributed by atoms with Gasteiger partial charge in [-0.2, -0.15) is 0 Å². The second-order valence-corrected chi connectivity index (χ2v) is 6.44. The van der Waals surface area contributed by atoms with E-state index >= 15 is 0 Å². The minimum Gasteiger partial charge on any atom is -0.460 e. The maximum absolute atomic E-state index is 11.4. The van der Waals surface area contributed by atoms with Crippen molar-refractivity contribution in [2.24, 2.45) is 0 Å². The second-order valence-electron chi connectivity index (χ2n) is 4.09. The molecule has 0 aliphatic carbocycles. The number of rotatable bonds is 4. The summed E-state index contributed by atoms with van der Waals surface area (Å²) in [4.78, 5) is 11.4. The highest BCUT2D eigenvalue weighted by Gasteiger charge is 2.16. The first-order valence-electron chi connectivity index (χ1n) is 4.80. The highest BCUT2D eigenvalue weighted by Crippen LogP contribution is 2.24. The average molecular weight is 261 g/mol. The Kier molecular flexibility index (Phi) is 4.55. The molecule has 7 heteroatoms. The molecule has 5 nitrogen and oxygen atoms in total. The third kappa shape index (κ3) is 5.32. The molecule has 1 rings (SSSR count). The van der Waals surface area contributed by atoms with Crippen molar-refractivity contribution in [3.8, 4) is 0 Å². The predicted molar refractivity (Wildman–Crippen MR) is 65.5 cm³/mol. The number of anilines is 1. The summed E-state index contributed by atoms with van der Waals surface area (Å²) in [6, 6.07) is 0. The van der Waals surface area contributed by atoms with E-state index in [1.165, 1.54) is 23.1 Å². The molecule has 0 aliphatic rings. The van der Waals surface area contributed by atoms with E-state index in [4.69, 9.17) is 10.5 Å². The number of carbonyl (C=O) groups is 1. The molecular formula is C9H15N3O2S2. The molecule has 0 spiro atoms. The number of nitrogen functional groups attached to an aromatic ring is 1. The van der Waals surface area contributed by atoms with E-state index in [0.717, 1.165) is 4.34 Å². The molecule has 0 atom stereocenters. The maximum atomic E-state index is 11.4. The number of ether oxygens (including phenoxy) is 1. The van der Waals surface area contributed by atoms with Gasteiger partial charge in [0, 0.05) is 5.75 Å². The van der Waals surface area contributed by atoms with Crippen molar-refractivity contribution in [1.82, 2.24) is 10.2 Å². The Morgan fingerprint density at radius 2 is 2.19 bits per heavy atom. The van der Waals surface area contributed by atoms with Gasteiger partial charge in [0.1, 0.15) is 5.60 Å². The predicted octanol–water partition coefficient (Wildman–Crippen LogP) is 1.94. The Labute approximate surface area is 103 Å². The van der Waals surface area contributed by atoms with Gasteiger partial charge in [-0.05, 0) is 20.8 Å². The SMILES string of the molecule is CC(C)(C)OC(=O)CCSc1nnc(N)s1. The van der Waals surface area contributed by atoms with Gasteiger partial charge in [0.05, 0.1) is 6.42 Å². The van der Waals surface area contributed by atoms with E-state index in [2.05, 4.69) is 10.2 Å². The lowest BCUT2D eigenvalue weighted by Crippen LogP contribution is -2.23. The smallest absolute Gasteiger partial charge is 0.307 e. The van der Waals surface area contributed by atoms with Crippen LogP contribution in [0.1, 0.15) is 27.2 Å². The lowest BCUT2D eigenvalue weighted by molar-refractivity contribution is -0.154. The number of esters is 1. The van der Waals surface area contributed by atoms with Gasteiger partial charge in [-0.3, -0.25) is 4.79 Å². The maximum Gasteiger partial charge on any atom is 0.307 e. The minimum atomic E-state index is -0.422. The molecule has 0 aliphatic heterocycles. The van der Waals surface area contributed by atoms with Crippen molar-refractivity contribution in [3.63, 3.8) is 0 Å². The fourth-order valence-electron chi connectivity index (χ4n) is 0.893. The molecule has 90 valence electrons. The standard InChI is InChI=1S/C9H15N3O2S2/c1-9(2,3)14-6(13)4-5-15-8-12-11-7(10)16-8/h4-5H2,1-3H3,(H2,10,11). The summed E-state index contributed by atoms with van der Waals surface area (Å²) in [5.41, 5.74) is 5.01. The minimum absolute atomic E-state index is 0.197. The van der Waals surface area contributed by atoms with Crippen LogP contribution in [0.5, 0.6) is 0 Å². The number of aromatic nitrogens is 2. The van der Waals surface area contributed by atoms with Gasteiger partial charge in [-0.1, -0.05) is 23.1 Å². The van der Waals surface area contributed by atoms with Crippen LogP contribution >= 0.6 is 23.1 Å². The number of nitrogens with two attached hydrogens (primary N) is 1. The van der Waals surface area contributed by atoms with E-state index < -0.39 is 5.60 Å². The molecule has 0 unspecified atom stereocenters. The van der Waals surface area contributed by atoms with Gasteiger partial charge >= 0.3 is 5.97 Å². The molecular weight excluding hydrogens is 246 g/mol. The Hall–Kier alpha value is -0.820. The zero-order chi connectivity index (χ0) is 12.2. The van der Waals surface area contributed by atoms with Crippen molar-refractivity contribution < 1.29 is 9.53 Å². The highest BCUT2D eigenvalue weighted by molar-refractivity contribution is 8.01. The molecule has 0 fully saturated rings. The van der Waals surface area contributed by atoms with Crippen molar-refractivity contribution in [2.45, 2.75) is 37.1 Å². The summed E-state index contributed by atoms with van der Waals surface area (Å²) in [5, 5.41) is 7.97. The zero-order valence-corrected chi connectivity index (χ0v) is 11.2. The van der Waals surface area contributed by atoms with Crippen LogP contribution < -0.4 is 5.73 Å². The van der Waals surface area contributed by atoms with E-state index in [1.54, 1.807) is 0 Å². The van der Waals surface area contributed by atoms with Crippen LogP contribution in [0, 0.1) is 0 Å². The lowest BCUT2D eigenvalue weighted by Gasteiger charge is -2.19. The van der Waals surface area contributed by atoms with Crippen LogP contribution in [-0.2, 0) is 9.53 Å². The average Bonchev–Trinajstić information content (AvgIpc) is 2.48. The first-order valence-corrected chi connectivity index (χ1v) is 6.60. The van der Waals surface area contributed by atoms with Crippen LogP contribution in [-0.4, -0.2) is 27.5 Å². The summed E-state index contributed by atoms with van der Waals surface area (Å²) in [7, 11) is 0. The van der Waals surface area contributed by atoms with Crippen LogP contribution in [0.25, 0.3) is 0 Å².